The number of hydrogen-bond donors (Lipinski definition) is 0. The first-order chi connectivity index (χ1) is 31.3. The second-order valence-corrected chi connectivity index (χ2v) is 16.4. The van der Waals surface area contributed by atoms with Crippen LogP contribution in [0.15, 0.2) is 249 Å². The maximum atomic E-state index is 2.57. The second-order valence-electron chi connectivity index (χ2n) is 16.4. The Bertz CT molecular complexity index is 3280. The minimum atomic E-state index is -0.105. The van der Waals surface area contributed by atoms with Crippen molar-refractivity contribution in [2.75, 3.05) is 9.80 Å². The van der Waals surface area contributed by atoms with E-state index in [1.807, 2.05) is 0 Å². The lowest BCUT2D eigenvalue weighted by Crippen LogP contribution is -2.62. The fourth-order valence-corrected chi connectivity index (χ4v) is 10.1. The molecule has 0 fully saturated rings. The highest BCUT2D eigenvalue weighted by Gasteiger charge is 2.46. The van der Waals surface area contributed by atoms with Gasteiger partial charge in [0.2, 0.25) is 0 Å². The average molecular weight is 801 g/mol. The Morgan fingerprint density at radius 1 is 0.222 bits per heavy atom. The zero-order chi connectivity index (χ0) is 41.7. The molecule has 0 radical (unpaired) electrons. The van der Waals surface area contributed by atoms with Gasteiger partial charge in [0.15, 0.2) is 0 Å². The van der Waals surface area contributed by atoms with Gasteiger partial charge in [-0.3, -0.25) is 0 Å². The van der Waals surface area contributed by atoms with Crippen LogP contribution >= 0.6 is 0 Å². The van der Waals surface area contributed by atoms with E-state index in [-0.39, 0.29) is 6.71 Å². The largest absolute Gasteiger partial charge is 0.311 e. The summed E-state index contributed by atoms with van der Waals surface area (Å²) in [6.45, 7) is -0.105. The Balaban J connectivity index is 1.25. The Hall–Kier alpha value is -8.14. The summed E-state index contributed by atoms with van der Waals surface area (Å²) in [4.78, 5) is 5.12. The molecule has 0 unspecified atom stereocenters. The summed E-state index contributed by atoms with van der Waals surface area (Å²) in [5, 5.41) is 0. The molecule has 0 saturated heterocycles. The standard InChI is InChI=1S/C60H41BN2/c1-6-21-42(22-7-1)47-31-18-32-49(39-47)62-54-37-19-34-51(45-27-12-4-13-28-45)58(54)61-59-52(46-29-14-5-15-30-46)35-20-38-55(59)63(53-36-17-16-33-50(53)44-25-10-3-11-26-44)57-41-48(40-56(62)60(57)61)43-23-8-2-9-24-43/h1-41H. The van der Waals surface area contributed by atoms with Gasteiger partial charge in [0, 0.05) is 34.0 Å². The number of benzene rings is 10. The van der Waals surface area contributed by atoms with Crippen molar-refractivity contribution in [3.05, 3.63) is 249 Å². The summed E-state index contributed by atoms with van der Waals surface area (Å²) >= 11 is 0. The van der Waals surface area contributed by atoms with Crippen LogP contribution in [0, 0.1) is 0 Å². The van der Waals surface area contributed by atoms with Crippen LogP contribution in [-0.4, -0.2) is 6.71 Å². The van der Waals surface area contributed by atoms with Crippen LogP contribution in [0.5, 0.6) is 0 Å². The van der Waals surface area contributed by atoms with E-state index in [0.29, 0.717) is 0 Å². The van der Waals surface area contributed by atoms with Gasteiger partial charge in [-0.2, -0.15) is 0 Å². The molecule has 0 aromatic heterocycles. The summed E-state index contributed by atoms with van der Waals surface area (Å²) in [5.74, 6) is 0. The van der Waals surface area contributed by atoms with Crippen molar-refractivity contribution in [2.45, 2.75) is 0 Å². The van der Waals surface area contributed by atoms with E-state index in [1.54, 1.807) is 0 Å². The molecule has 2 aliphatic heterocycles. The monoisotopic (exact) mass is 800 g/mol. The van der Waals surface area contributed by atoms with Gasteiger partial charge in [0.1, 0.15) is 0 Å². The molecule has 12 rings (SSSR count). The Morgan fingerprint density at radius 2 is 0.603 bits per heavy atom. The van der Waals surface area contributed by atoms with Crippen LogP contribution in [0.4, 0.5) is 34.1 Å². The predicted molar refractivity (Wildman–Crippen MR) is 268 cm³/mol. The van der Waals surface area contributed by atoms with Gasteiger partial charge in [0.25, 0.3) is 6.71 Å². The van der Waals surface area contributed by atoms with Crippen LogP contribution in [0.1, 0.15) is 0 Å². The fraction of sp³-hybridized carbons (Fsp3) is 0. The smallest absolute Gasteiger partial charge is 0.253 e. The second kappa shape index (κ2) is 15.4. The van der Waals surface area contributed by atoms with Gasteiger partial charge in [-0.05, 0) is 109 Å². The number of anilines is 6. The molecule has 63 heavy (non-hydrogen) atoms. The zero-order valence-corrected chi connectivity index (χ0v) is 34.6. The summed E-state index contributed by atoms with van der Waals surface area (Å²) in [6, 6.07) is 91.2. The quantitative estimate of drug-likeness (QED) is 0.148. The van der Waals surface area contributed by atoms with Crippen LogP contribution in [0.25, 0.3) is 55.6 Å². The van der Waals surface area contributed by atoms with Gasteiger partial charge in [-0.1, -0.05) is 206 Å². The van der Waals surface area contributed by atoms with E-state index in [9.17, 15) is 0 Å². The molecule has 10 aromatic rings. The summed E-state index contributed by atoms with van der Waals surface area (Å²) in [5.41, 5.74) is 22.8. The van der Waals surface area contributed by atoms with Crippen molar-refractivity contribution in [1.82, 2.24) is 0 Å². The molecule has 0 atom stereocenters. The fourth-order valence-electron chi connectivity index (χ4n) is 10.1. The number of para-hydroxylation sites is 1. The Morgan fingerprint density at radius 3 is 1.16 bits per heavy atom. The predicted octanol–water partition coefficient (Wildman–Crippen LogP) is 14.1. The Labute approximate surface area is 369 Å². The highest BCUT2D eigenvalue weighted by atomic mass is 15.2. The van der Waals surface area contributed by atoms with E-state index in [2.05, 4.69) is 259 Å². The third-order valence-corrected chi connectivity index (χ3v) is 12.9. The van der Waals surface area contributed by atoms with Crippen molar-refractivity contribution in [2.24, 2.45) is 0 Å². The van der Waals surface area contributed by atoms with Crippen molar-refractivity contribution < 1.29 is 0 Å². The SMILES string of the molecule is c1ccc(-c2cccc(N3c4cccc(-c5ccccc5)c4B4c5c(-c6ccccc6)cccc5N(c5ccccc5-c5ccccc5)c5cc(-c6ccccc6)cc3c54)c2)cc1. The number of hydrogen-bond acceptors (Lipinski definition) is 2. The van der Waals surface area contributed by atoms with E-state index in [0.717, 1.165) is 11.4 Å². The molecule has 0 spiro atoms. The lowest BCUT2D eigenvalue weighted by Gasteiger charge is -2.46. The highest BCUT2D eigenvalue weighted by molar-refractivity contribution is 7.02. The van der Waals surface area contributed by atoms with Crippen LogP contribution < -0.4 is 26.2 Å². The first-order valence-electron chi connectivity index (χ1n) is 21.8. The first kappa shape index (κ1) is 36.7. The topological polar surface area (TPSA) is 6.48 Å². The normalized spacial score (nSPS) is 12.3. The molecule has 0 aliphatic carbocycles. The average Bonchev–Trinajstić information content (AvgIpc) is 3.37. The van der Waals surface area contributed by atoms with E-state index < -0.39 is 0 Å². The molecule has 294 valence electrons. The molecular formula is C60H41BN2. The molecule has 10 aromatic carbocycles. The van der Waals surface area contributed by atoms with E-state index >= 15 is 0 Å². The lowest BCUT2D eigenvalue weighted by molar-refractivity contribution is 1.25. The van der Waals surface area contributed by atoms with Gasteiger partial charge in [-0.15, -0.1) is 0 Å². The van der Waals surface area contributed by atoms with Crippen molar-refractivity contribution in [3.8, 4) is 55.6 Å². The van der Waals surface area contributed by atoms with Gasteiger partial charge >= 0.3 is 0 Å². The minimum absolute atomic E-state index is 0.105. The Kier molecular flexibility index (Phi) is 8.97. The van der Waals surface area contributed by atoms with Crippen LogP contribution in [-0.2, 0) is 0 Å². The molecule has 2 aliphatic rings. The molecule has 0 amide bonds. The number of rotatable bonds is 7. The van der Waals surface area contributed by atoms with Crippen molar-refractivity contribution >= 4 is 57.2 Å². The molecule has 0 bridgehead atoms. The maximum absolute atomic E-state index is 2.57. The van der Waals surface area contributed by atoms with Crippen molar-refractivity contribution in [3.63, 3.8) is 0 Å². The number of fused-ring (bicyclic) bond motifs is 4. The summed E-state index contributed by atoms with van der Waals surface area (Å²) < 4.78 is 0. The molecule has 2 nitrogen and oxygen atoms in total. The maximum Gasteiger partial charge on any atom is 0.253 e. The third-order valence-electron chi connectivity index (χ3n) is 12.9. The molecule has 0 N–H and O–H groups in total. The zero-order valence-electron chi connectivity index (χ0n) is 34.6. The number of nitrogens with zero attached hydrogens (tertiary/aromatic N) is 2. The van der Waals surface area contributed by atoms with E-state index in [4.69, 9.17) is 0 Å². The molecule has 2 heterocycles. The van der Waals surface area contributed by atoms with Gasteiger partial charge in [0.05, 0.1) is 5.69 Å². The van der Waals surface area contributed by atoms with Gasteiger partial charge in [-0.25, -0.2) is 0 Å². The summed E-state index contributed by atoms with van der Waals surface area (Å²) in [7, 11) is 0. The molecular weight excluding hydrogens is 759 g/mol. The summed E-state index contributed by atoms with van der Waals surface area (Å²) in [6.07, 6.45) is 0. The first-order valence-corrected chi connectivity index (χ1v) is 21.8. The van der Waals surface area contributed by atoms with E-state index in [1.165, 1.54) is 94.8 Å². The van der Waals surface area contributed by atoms with Crippen molar-refractivity contribution in [1.29, 1.82) is 0 Å². The van der Waals surface area contributed by atoms with Crippen LogP contribution in [0.2, 0.25) is 0 Å². The molecule has 0 saturated carbocycles. The minimum Gasteiger partial charge on any atom is -0.311 e. The van der Waals surface area contributed by atoms with Gasteiger partial charge < -0.3 is 9.80 Å². The highest BCUT2D eigenvalue weighted by Crippen LogP contribution is 2.49. The lowest BCUT2D eigenvalue weighted by atomic mass is 9.31. The van der Waals surface area contributed by atoms with Crippen LogP contribution in [0.3, 0.4) is 0 Å². The molecule has 3 heteroatoms. The third kappa shape index (κ3) is 6.20.